The summed E-state index contributed by atoms with van der Waals surface area (Å²) in [7, 11) is 0. The first-order chi connectivity index (χ1) is 10.6. The molecule has 0 fully saturated rings. The van der Waals surface area contributed by atoms with E-state index in [1.165, 1.54) is 0 Å². The Morgan fingerprint density at radius 3 is 2.45 bits per heavy atom. The van der Waals surface area contributed by atoms with E-state index in [1.807, 2.05) is 0 Å². The van der Waals surface area contributed by atoms with Gasteiger partial charge in [-0.2, -0.15) is 0 Å². The van der Waals surface area contributed by atoms with Gasteiger partial charge in [-0.1, -0.05) is 37.3 Å². The molecule has 120 valence electrons. The summed E-state index contributed by atoms with van der Waals surface area (Å²) >= 11 is 5.79. The van der Waals surface area contributed by atoms with Gasteiger partial charge >= 0.3 is 5.97 Å². The van der Waals surface area contributed by atoms with Crippen LogP contribution in [0.25, 0.3) is 0 Å². The van der Waals surface area contributed by atoms with E-state index < -0.39 is 12.1 Å². The summed E-state index contributed by atoms with van der Waals surface area (Å²) < 4.78 is 10.5. The molecule has 0 aromatic heterocycles. The van der Waals surface area contributed by atoms with Gasteiger partial charge in [0.2, 0.25) is 0 Å². The first-order valence-electron chi connectivity index (χ1n) is 7.33. The SMILES string of the molecule is CCN(CC)CC#CCOC(=O)C(C)Oc1ccc(Cl)cc1. The summed E-state index contributed by atoms with van der Waals surface area (Å²) in [5.74, 6) is 5.95. The van der Waals surface area contributed by atoms with Gasteiger partial charge in [-0.25, -0.2) is 4.79 Å². The molecule has 0 N–H and O–H groups in total. The van der Waals surface area contributed by atoms with Crippen LogP contribution in [0.4, 0.5) is 0 Å². The van der Waals surface area contributed by atoms with Crippen molar-refractivity contribution in [1.82, 2.24) is 4.90 Å². The van der Waals surface area contributed by atoms with E-state index in [0.717, 1.165) is 13.1 Å². The van der Waals surface area contributed by atoms with Crippen molar-refractivity contribution in [3.8, 4) is 17.6 Å². The zero-order valence-electron chi connectivity index (χ0n) is 13.3. The molecular weight excluding hydrogens is 302 g/mol. The van der Waals surface area contributed by atoms with E-state index in [1.54, 1.807) is 31.2 Å². The van der Waals surface area contributed by atoms with Crippen LogP contribution in [0.5, 0.6) is 5.75 Å². The molecule has 1 rings (SSSR count). The number of rotatable bonds is 7. The van der Waals surface area contributed by atoms with Crippen molar-refractivity contribution < 1.29 is 14.3 Å². The third-order valence-electron chi connectivity index (χ3n) is 3.07. The minimum Gasteiger partial charge on any atom is -0.479 e. The third kappa shape index (κ3) is 6.84. The largest absolute Gasteiger partial charge is 0.479 e. The van der Waals surface area contributed by atoms with Crippen molar-refractivity contribution in [2.24, 2.45) is 0 Å². The summed E-state index contributed by atoms with van der Waals surface area (Å²) in [4.78, 5) is 14.0. The fraction of sp³-hybridized carbons (Fsp3) is 0.471. The van der Waals surface area contributed by atoms with Crippen LogP contribution >= 0.6 is 11.6 Å². The van der Waals surface area contributed by atoms with E-state index in [2.05, 4.69) is 30.6 Å². The van der Waals surface area contributed by atoms with E-state index >= 15 is 0 Å². The van der Waals surface area contributed by atoms with Gasteiger partial charge in [0, 0.05) is 5.02 Å². The highest BCUT2D eigenvalue weighted by Crippen LogP contribution is 2.16. The first kappa shape index (κ1) is 18.3. The number of nitrogens with zero attached hydrogens (tertiary/aromatic N) is 1. The van der Waals surface area contributed by atoms with E-state index in [4.69, 9.17) is 21.1 Å². The van der Waals surface area contributed by atoms with Gasteiger partial charge in [0.25, 0.3) is 0 Å². The van der Waals surface area contributed by atoms with Gasteiger partial charge in [0.05, 0.1) is 6.54 Å². The minimum absolute atomic E-state index is 0.0778. The highest BCUT2D eigenvalue weighted by molar-refractivity contribution is 6.30. The minimum atomic E-state index is -0.689. The predicted molar refractivity (Wildman–Crippen MR) is 88.1 cm³/mol. The number of hydrogen-bond acceptors (Lipinski definition) is 4. The Labute approximate surface area is 137 Å². The van der Waals surface area contributed by atoms with Crippen LogP contribution in [0.1, 0.15) is 20.8 Å². The quantitative estimate of drug-likeness (QED) is 0.571. The lowest BCUT2D eigenvalue weighted by molar-refractivity contribution is -0.149. The Kier molecular flexibility index (Phi) is 8.42. The molecule has 0 spiro atoms. The molecule has 1 unspecified atom stereocenters. The van der Waals surface area contributed by atoms with Crippen molar-refractivity contribution in [3.63, 3.8) is 0 Å². The number of carbonyl (C=O) groups is 1. The van der Waals surface area contributed by atoms with Crippen molar-refractivity contribution in [3.05, 3.63) is 29.3 Å². The number of carbonyl (C=O) groups excluding carboxylic acids is 1. The predicted octanol–water partition coefficient (Wildman–Crippen LogP) is 3.00. The Bertz CT molecular complexity index is 515. The Hall–Kier alpha value is -1.70. The molecular formula is C17H22ClNO3. The Morgan fingerprint density at radius 2 is 1.86 bits per heavy atom. The Morgan fingerprint density at radius 1 is 1.23 bits per heavy atom. The van der Waals surface area contributed by atoms with Crippen molar-refractivity contribution >= 4 is 17.6 Å². The van der Waals surface area contributed by atoms with E-state index in [-0.39, 0.29) is 6.61 Å². The zero-order valence-corrected chi connectivity index (χ0v) is 14.0. The molecule has 22 heavy (non-hydrogen) atoms. The maximum atomic E-state index is 11.8. The summed E-state index contributed by atoms with van der Waals surface area (Å²) in [6.45, 7) is 8.48. The summed E-state index contributed by atoms with van der Waals surface area (Å²) in [5.41, 5.74) is 0. The Balaban J connectivity index is 2.32. The van der Waals surface area contributed by atoms with Gasteiger partial charge < -0.3 is 9.47 Å². The summed E-state index contributed by atoms with van der Waals surface area (Å²) in [6, 6.07) is 6.81. The summed E-state index contributed by atoms with van der Waals surface area (Å²) in [5, 5.41) is 0.617. The van der Waals surface area contributed by atoms with E-state index in [0.29, 0.717) is 17.3 Å². The summed E-state index contributed by atoms with van der Waals surface area (Å²) in [6.07, 6.45) is -0.689. The number of esters is 1. The lowest BCUT2D eigenvalue weighted by Gasteiger charge is -2.13. The average Bonchev–Trinajstić information content (AvgIpc) is 2.52. The molecule has 0 aliphatic carbocycles. The number of benzene rings is 1. The monoisotopic (exact) mass is 323 g/mol. The molecule has 1 aromatic rings. The maximum absolute atomic E-state index is 11.8. The molecule has 0 amide bonds. The van der Waals surface area contributed by atoms with Gasteiger partial charge in [-0.15, -0.1) is 0 Å². The van der Waals surface area contributed by atoms with Gasteiger partial charge in [0.15, 0.2) is 12.7 Å². The zero-order chi connectivity index (χ0) is 16.4. The molecule has 0 radical (unpaired) electrons. The topological polar surface area (TPSA) is 38.8 Å². The molecule has 1 atom stereocenters. The lowest BCUT2D eigenvalue weighted by atomic mass is 10.3. The van der Waals surface area contributed by atoms with Gasteiger partial charge in [-0.05, 0) is 44.3 Å². The molecule has 0 aliphatic rings. The molecule has 1 aromatic carbocycles. The molecule has 0 heterocycles. The smallest absolute Gasteiger partial charge is 0.347 e. The molecule has 0 bridgehead atoms. The molecule has 0 aliphatic heterocycles. The molecule has 4 nitrogen and oxygen atoms in total. The van der Waals surface area contributed by atoms with Gasteiger partial charge in [-0.3, -0.25) is 4.90 Å². The molecule has 0 saturated carbocycles. The van der Waals surface area contributed by atoms with Crippen molar-refractivity contribution in [2.45, 2.75) is 26.9 Å². The van der Waals surface area contributed by atoms with Crippen LogP contribution in [-0.2, 0) is 9.53 Å². The average molecular weight is 324 g/mol. The second-order valence-electron chi connectivity index (χ2n) is 4.64. The van der Waals surface area contributed by atoms with Gasteiger partial charge in [0.1, 0.15) is 5.75 Å². The van der Waals surface area contributed by atoms with Crippen LogP contribution in [0.2, 0.25) is 5.02 Å². The van der Waals surface area contributed by atoms with Crippen LogP contribution in [-0.4, -0.2) is 43.2 Å². The van der Waals surface area contributed by atoms with Crippen LogP contribution in [0.3, 0.4) is 0 Å². The highest BCUT2D eigenvalue weighted by Gasteiger charge is 2.15. The fourth-order valence-corrected chi connectivity index (χ4v) is 1.78. The maximum Gasteiger partial charge on any atom is 0.347 e. The van der Waals surface area contributed by atoms with Crippen molar-refractivity contribution in [2.75, 3.05) is 26.2 Å². The normalized spacial score (nSPS) is 11.5. The van der Waals surface area contributed by atoms with Crippen molar-refractivity contribution in [1.29, 1.82) is 0 Å². The molecule has 5 heteroatoms. The second kappa shape index (κ2) is 10.1. The standard InChI is InChI=1S/C17H22ClNO3/c1-4-19(5-2)12-6-7-13-21-17(20)14(3)22-16-10-8-15(18)9-11-16/h8-11,14H,4-5,12-13H2,1-3H3. The first-order valence-corrected chi connectivity index (χ1v) is 7.71. The van der Waals surface area contributed by atoms with Crippen LogP contribution in [0, 0.1) is 11.8 Å². The van der Waals surface area contributed by atoms with E-state index in [9.17, 15) is 4.79 Å². The van der Waals surface area contributed by atoms with Crippen LogP contribution in [0.15, 0.2) is 24.3 Å². The second-order valence-corrected chi connectivity index (χ2v) is 5.07. The third-order valence-corrected chi connectivity index (χ3v) is 3.32. The fourth-order valence-electron chi connectivity index (χ4n) is 1.66. The lowest BCUT2D eigenvalue weighted by Crippen LogP contribution is -2.26. The van der Waals surface area contributed by atoms with Crippen LogP contribution < -0.4 is 4.74 Å². The molecule has 0 saturated heterocycles. The number of hydrogen-bond donors (Lipinski definition) is 0. The number of halogens is 1. The highest BCUT2D eigenvalue weighted by atomic mass is 35.5. The number of ether oxygens (including phenoxy) is 2.